The summed E-state index contributed by atoms with van der Waals surface area (Å²) in [4.78, 5) is 0. The van der Waals surface area contributed by atoms with Crippen LogP contribution in [0, 0.1) is 5.82 Å². The van der Waals surface area contributed by atoms with Crippen LogP contribution in [0.15, 0.2) is 12.1 Å². The van der Waals surface area contributed by atoms with Crippen LogP contribution in [0.25, 0.3) is 0 Å². The predicted octanol–water partition coefficient (Wildman–Crippen LogP) is 1.69. The van der Waals surface area contributed by atoms with Crippen LogP contribution < -0.4 is 5.73 Å². The summed E-state index contributed by atoms with van der Waals surface area (Å²) in [6.45, 7) is 0.306. The van der Waals surface area contributed by atoms with Gasteiger partial charge in [0.1, 0.15) is 0 Å². The summed E-state index contributed by atoms with van der Waals surface area (Å²) >= 11 is 5.67. The number of nitrogens with two attached hydrogens (primary N) is 1. The Hall–Kier alpha value is -0.800. The molecule has 1 rings (SSSR count). The molecule has 0 heterocycles. The minimum Gasteiger partial charge on any atom is -0.505 e. The monoisotopic (exact) mass is 189 g/mol. The first-order chi connectivity index (χ1) is 5.66. The summed E-state index contributed by atoms with van der Waals surface area (Å²) in [5.74, 6) is -1.06. The van der Waals surface area contributed by atoms with Gasteiger partial charge in [-0.15, -0.1) is 0 Å². The Kier molecular flexibility index (Phi) is 2.89. The van der Waals surface area contributed by atoms with Gasteiger partial charge in [-0.2, -0.15) is 0 Å². The van der Waals surface area contributed by atoms with Gasteiger partial charge in [0.15, 0.2) is 11.6 Å². The van der Waals surface area contributed by atoms with Crippen molar-refractivity contribution in [1.82, 2.24) is 0 Å². The fraction of sp³-hybridized carbons (Fsp3) is 0.250. The minimum atomic E-state index is -0.673. The maximum Gasteiger partial charge on any atom is 0.169 e. The molecule has 12 heavy (non-hydrogen) atoms. The van der Waals surface area contributed by atoms with Crippen molar-refractivity contribution < 1.29 is 9.50 Å². The summed E-state index contributed by atoms with van der Waals surface area (Å²) in [6, 6.07) is 2.67. The normalized spacial score (nSPS) is 10.2. The molecule has 0 aliphatic carbocycles. The average molecular weight is 190 g/mol. The van der Waals surface area contributed by atoms with Gasteiger partial charge in [0.25, 0.3) is 0 Å². The highest BCUT2D eigenvalue weighted by Gasteiger charge is 2.10. The third-order valence-corrected chi connectivity index (χ3v) is 1.91. The number of phenols is 1. The van der Waals surface area contributed by atoms with Crippen LogP contribution in [0.5, 0.6) is 5.75 Å². The number of aromatic hydroxyl groups is 1. The van der Waals surface area contributed by atoms with Crippen LogP contribution in [0.3, 0.4) is 0 Å². The fourth-order valence-corrected chi connectivity index (χ4v) is 1.20. The highest BCUT2D eigenvalue weighted by atomic mass is 35.5. The molecule has 0 aromatic heterocycles. The Labute approximate surface area is 74.8 Å². The molecule has 0 spiro atoms. The van der Waals surface area contributed by atoms with Gasteiger partial charge in [-0.3, -0.25) is 0 Å². The first-order valence-electron chi connectivity index (χ1n) is 3.52. The van der Waals surface area contributed by atoms with Gasteiger partial charge in [-0.05, 0) is 25.1 Å². The molecule has 0 atom stereocenters. The van der Waals surface area contributed by atoms with E-state index >= 15 is 0 Å². The third kappa shape index (κ3) is 1.68. The van der Waals surface area contributed by atoms with Gasteiger partial charge in [-0.25, -0.2) is 4.39 Å². The van der Waals surface area contributed by atoms with Crippen molar-refractivity contribution in [3.05, 3.63) is 28.5 Å². The first-order valence-corrected chi connectivity index (χ1v) is 3.90. The Morgan fingerprint density at radius 2 is 2.17 bits per heavy atom. The quantitative estimate of drug-likeness (QED) is 0.744. The maximum absolute atomic E-state index is 13.1. The lowest BCUT2D eigenvalue weighted by atomic mass is 10.1. The largest absolute Gasteiger partial charge is 0.505 e. The van der Waals surface area contributed by atoms with E-state index in [0.29, 0.717) is 18.0 Å². The zero-order valence-electron chi connectivity index (χ0n) is 6.35. The van der Waals surface area contributed by atoms with Crippen molar-refractivity contribution in [2.75, 3.05) is 6.54 Å². The first kappa shape index (κ1) is 9.29. The lowest BCUT2D eigenvalue weighted by Crippen LogP contribution is -2.05. The van der Waals surface area contributed by atoms with Crippen LogP contribution >= 0.6 is 11.6 Å². The molecule has 0 unspecified atom stereocenters. The summed E-state index contributed by atoms with van der Waals surface area (Å²) in [5, 5.41) is 9.28. The van der Waals surface area contributed by atoms with E-state index in [1.54, 1.807) is 0 Å². The highest BCUT2D eigenvalue weighted by Crippen LogP contribution is 2.26. The molecule has 0 saturated carbocycles. The second-order valence-corrected chi connectivity index (χ2v) is 2.80. The number of hydrogen-bond donors (Lipinski definition) is 2. The van der Waals surface area contributed by atoms with Crippen LogP contribution in [-0.2, 0) is 6.42 Å². The minimum absolute atomic E-state index is 0.277. The van der Waals surface area contributed by atoms with Gasteiger partial charge in [0, 0.05) is 10.6 Å². The van der Waals surface area contributed by atoms with Gasteiger partial charge in [0.2, 0.25) is 0 Å². The smallest absolute Gasteiger partial charge is 0.169 e. The molecule has 2 nitrogen and oxygen atoms in total. The summed E-state index contributed by atoms with van der Waals surface area (Å²) in [5.41, 5.74) is 5.52. The van der Waals surface area contributed by atoms with E-state index in [1.165, 1.54) is 12.1 Å². The molecule has 0 amide bonds. The van der Waals surface area contributed by atoms with E-state index < -0.39 is 5.82 Å². The van der Waals surface area contributed by atoms with Crippen LogP contribution in [-0.4, -0.2) is 11.7 Å². The number of halogens is 2. The zero-order valence-corrected chi connectivity index (χ0v) is 7.11. The average Bonchev–Trinajstić information content (AvgIpc) is 2.06. The Balaban J connectivity index is 3.14. The number of benzene rings is 1. The van der Waals surface area contributed by atoms with Crippen molar-refractivity contribution in [2.45, 2.75) is 6.42 Å². The number of hydrogen-bond acceptors (Lipinski definition) is 2. The van der Waals surface area contributed by atoms with Gasteiger partial charge in [-0.1, -0.05) is 11.6 Å². The zero-order chi connectivity index (χ0) is 9.14. The van der Waals surface area contributed by atoms with Gasteiger partial charge in [0.05, 0.1) is 0 Å². The van der Waals surface area contributed by atoms with Crippen LogP contribution in [0.2, 0.25) is 5.02 Å². The molecule has 1 aromatic rings. The molecule has 3 N–H and O–H groups in total. The molecular formula is C8H9ClFNO. The third-order valence-electron chi connectivity index (χ3n) is 1.56. The van der Waals surface area contributed by atoms with E-state index in [-0.39, 0.29) is 11.3 Å². The summed E-state index contributed by atoms with van der Waals surface area (Å²) in [6.07, 6.45) is 0.332. The predicted molar refractivity (Wildman–Crippen MR) is 45.8 cm³/mol. The SMILES string of the molecule is NCCc1c(Cl)ccc(O)c1F. The van der Waals surface area contributed by atoms with Crippen molar-refractivity contribution in [1.29, 1.82) is 0 Å². The van der Waals surface area contributed by atoms with Crippen molar-refractivity contribution >= 4 is 11.6 Å². The van der Waals surface area contributed by atoms with E-state index in [4.69, 9.17) is 22.4 Å². The number of phenolic OH excluding ortho intramolecular Hbond substituents is 1. The van der Waals surface area contributed by atoms with Gasteiger partial charge >= 0.3 is 0 Å². The lowest BCUT2D eigenvalue weighted by molar-refractivity contribution is 0.428. The summed E-state index contributed by atoms with van der Waals surface area (Å²) in [7, 11) is 0. The standard InChI is InChI=1S/C8H9ClFNO/c9-6-1-2-7(12)8(10)5(6)3-4-11/h1-2,12H,3-4,11H2. The van der Waals surface area contributed by atoms with Crippen molar-refractivity contribution in [3.63, 3.8) is 0 Å². The van der Waals surface area contributed by atoms with E-state index in [2.05, 4.69) is 0 Å². The Morgan fingerprint density at radius 1 is 1.50 bits per heavy atom. The van der Waals surface area contributed by atoms with Crippen molar-refractivity contribution in [2.24, 2.45) is 5.73 Å². The highest BCUT2D eigenvalue weighted by molar-refractivity contribution is 6.31. The molecule has 4 heteroatoms. The van der Waals surface area contributed by atoms with Gasteiger partial charge < -0.3 is 10.8 Å². The molecule has 0 bridgehead atoms. The molecular weight excluding hydrogens is 181 g/mol. The molecule has 66 valence electrons. The van der Waals surface area contributed by atoms with Crippen LogP contribution in [0.4, 0.5) is 4.39 Å². The van der Waals surface area contributed by atoms with E-state index in [9.17, 15) is 4.39 Å². The Morgan fingerprint density at radius 3 is 2.75 bits per heavy atom. The fourth-order valence-electron chi connectivity index (χ4n) is 0.959. The summed E-state index contributed by atoms with van der Waals surface area (Å²) < 4.78 is 13.1. The lowest BCUT2D eigenvalue weighted by Gasteiger charge is -2.04. The molecule has 0 fully saturated rings. The second-order valence-electron chi connectivity index (χ2n) is 2.40. The number of rotatable bonds is 2. The van der Waals surface area contributed by atoms with E-state index in [1.807, 2.05) is 0 Å². The molecule has 0 aliphatic rings. The molecule has 1 aromatic carbocycles. The van der Waals surface area contributed by atoms with Crippen LogP contribution in [0.1, 0.15) is 5.56 Å². The Bertz CT molecular complexity index is 291. The topological polar surface area (TPSA) is 46.2 Å². The van der Waals surface area contributed by atoms with E-state index in [0.717, 1.165) is 0 Å². The second kappa shape index (κ2) is 3.74. The maximum atomic E-state index is 13.1. The molecule has 0 aliphatic heterocycles. The molecule has 0 saturated heterocycles. The van der Waals surface area contributed by atoms with Crippen molar-refractivity contribution in [3.8, 4) is 5.75 Å². The molecule has 0 radical (unpaired) electrons.